The molecule has 0 bridgehead atoms. The van der Waals surface area contributed by atoms with Crippen LogP contribution in [-0.4, -0.2) is 60.3 Å². The molecule has 2 nitrogen and oxygen atoms in total. The van der Waals surface area contributed by atoms with Crippen LogP contribution in [0.4, 0.5) is 8.78 Å². The van der Waals surface area contributed by atoms with Gasteiger partial charge in [0.25, 0.3) is 0 Å². The molecule has 155 valence electrons. The second-order valence-electron chi connectivity index (χ2n) is 9.29. The second kappa shape index (κ2) is 10.6. The first kappa shape index (κ1) is 22.3. The van der Waals surface area contributed by atoms with Crippen LogP contribution < -0.4 is 0 Å². The Hall–Kier alpha value is 0.579. The van der Waals surface area contributed by atoms with E-state index in [1.807, 2.05) is 13.8 Å². The first-order valence-electron chi connectivity index (χ1n) is 11.2. The summed E-state index contributed by atoms with van der Waals surface area (Å²) >= 11 is 1.73. The second-order valence-corrected chi connectivity index (χ2v) is 11.6. The summed E-state index contributed by atoms with van der Waals surface area (Å²) in [7, 11) is 0. The fourth-order valence-electron chi connectivity index (χ4n) is 5.62. The van der Waals surface area contributed by atoms with Gasteiger partial charge < -0.3 is 4.74 Å². The van der Waals surface area contributed by atoms with Gasteiger partial charge in [-0.25, -0.2) is 8.78 Å². The molecule has 0 N–H and O–H groups in total. The number of hydrogen-bond donors (Lipinski definition) is 0. The Morgan fingerprint density at radius 3 is 2.04 bits per heavy atom. The van der Waals surface area contributed by atoms with Gasteiger partial charge >= 0.3 is 126 Å². The molecule has 0 aromatic rings. The maximum atomic E-state index is 14.5. The van der Waals surface area contributed by atoms with Crippen molar-refractivity contribution in [2.24, 2.45) is 23.7 Å². The summed E-state index contributed by atoms with van der Waals surface area (Å²) in [6.45, 7) is 4.81. The van der Waals surface area contributed by atoms with E-state index in [0.29, 0.717) is 25.6 Å². The normalized spacial score (nSPS) is 46.3. The van der Waals surface area contributed by atoms with Crippen LogP contribution in [0, 0.1) is 23.7 Å². The van der Waals surface area contributed by atoms with Crippen molar-refractivity contribution in [1.29, 1.82) is 0 Å². The molecule has 0 aromatic carbocycles. The van der Waals surface area contributed by atoms with Gasteiger partial charge in [0.2, 0.25) is 0 Å². The molecule has 3 radical (unpaired) electrons. The molecule has 0 amide bonds. The smallest absolute Gasteiger partial charge is 0.241 e. The van der Waals surface area contributed by atoms with E-state index in [9.17, 15) is 8.78 Å². The Morgan fingerprint density at radius 2 is 1.44 bits per heavy atom. The predicted molar refractivity (Wildman–Crippen MR) is 106 cm³/mol. The van der Waals surface area contributed by atoms with Crippen LogP contribution in [0.3, 0.4) is 0 Å². The summed E-state index contributed by atoms with van der Waals surface area (Å²) in [5, 5.41) is 0. The van der Waals surface area contributed by atoms with Gasteiger partial charge in [0.1, 0.15) is 0 Å². The van der Waals surface area contributed by atoms with Gasteiger partial charge in [-0.1, -0.05) is 6.92 Å². The summed E-state index contributed by atoms with van der Waals surface area (Å²) in [6, 6.07) is 0. The van der Waals surface area contributed by atoms with E-state index >= 15 is 0 Å². The van der Waals surface area contributed by atoms with Crippen LogP contribution in [0.15, 0.2) is 0 Å². The van der Waals surface area contributed by atoms with Crippen LogP contribution >= 0.6 is 0 Å². The number of hydrogen-bond acceptors (Lipinski definition) is 2. The maximum absolute atomic E-state index is 14.5. The average Bonchev–Trinajstić information content (AvgIpc) is 2.68. The number of halogens is 2. The fraction of sp³-hybridized carbons (Fsp3) is 1.00. The third-order valence-electron chi connectivity index (χ3n) is 7.37. The topological polar surface area (TPSA) is 18.5 Å². The zero-order valence-corrected chi connectivity index (χ0v) is 19.9. The van der Waals surface area contributed by atoms with Gasteiger partial charge in [-0.3, -0.25) is 0 Å². The molecule has 3 aliphatic rings. The summed E-state index contributed by atoms with van der Waals surface area (Å²) in [5.41, 5.74) is 0. The Balaban J connectivity index is 1.40. The van der Waals surface area contributed by atoms with Gasteiger partial charge in [0.15, 0.2) is 6.17 Å². The van der Waals surface area contributed by atoms with E-state index < -0.39 is 24.6 Å². The van der Waals surface area contributed by atoms with Crippen LogP contribution in [0.25, 0.3) is 0 Å². The van der Waals surface area contributed by atoms with Gasteiger partial charge in [0, 0.05) is 6.61 Å². The van der Waals surface area contributed by atoms with E-state index in [-0.39, 0.29) is 5.92 Å². The molecule has 5 atom stereocenters. The average molecular weight is 490 g/mol. The van der Waals surface area contributed by atoms with Crippen molar-refractivity contribution in [1.82, 2.24) is 0 Å². The van der Waals surface area contributed by atoms with E-state index in [2.05, 4.69) is 0 Å². The molecule has 5 heteroatoms. The third-order valence-corrected chi connectivity index (χ3v) is 9.02. The molecule has 27 heavy (non-hydrogen) atoms. The van der Waals surface area contributed by atoms with Gasteiger partial charge in [0.05, 0.1) is 6.10 Å². The minimum atomic E-state index is -1.56. The van der Waals surface area contributed by atoms with E-state index in [4.69, 9.17) is 9.47 Å². The molecule has 3 rings (SSSR count). The predicted octanol–water partition coefficient (Wildman–Crippen LogP) is 5.45. The Morgan fingerprint density at radius 1 is 0.852 bits per heavy atom. The molecule has 0 aliphatic heterocycles. The Labute approximate surface area is 177 Å². The fourth-order valence-corrected chi connectivity index (χ4v) is 6.57. The summed E-state index contributed by atoms with van der Waals surface area (Å²) < 4.78 is 41.3. The van der Waals surface area contributed by atoms with Gasteiger partial charge in [-0.2, -0.15) is 0 Å². The van der Waals surface area contributed by atoms with Crippen molar-refractivity contribution in [3.05, 3.63) is 0 Å². The van der Waals surface area contributed by atoms with Gasteiger partial charge in [-0.15, -0.1) is 0 Å². The number of ether oxygens (including phenoxy) is 2. The van der Waals surface area contributed by atoms with Gasteiger partial charge in [-0.05, 0) is 12.8 Å². The minimum absolute atomic E-state index is 0.00311. The summed E-state index contributed by atoms with van der Waals surface area (Å²) in [4.78, 5) is 0. The molecule has 0 heterocycles. The Bertz CT molecular complexity index is 436. The summed E-state index contributed by atoms with van der Waals surface area (Å²) in [5.74, 6) is 2.37. The molecule has 3 fully saturated rings. The SMILES string of the molecule is CCOC1C(C)CC(OCC2CCC(C3CC[CH]([Sn])CC3)CC2)C(F)C1F. The van der Waals surface area contributed by atoms with E-state index in [1.54, 1.807) is 22.5 Å². The molecule has 3 aliphatic carbocycles. The monoisotopic (exact) mass is 491 g/mol. The first-order chi connectivity index (χ1) is 13.0. The Kier molecular flexibility index (Phi) is 8.71. The van der Waals surface area contributed by atoms with Crippen molar-refractivity contribution in [3.63, 3.8) is 0 Å². The third kappa shape index (κ3) is 5.81. The quantitative estimate of drug-likeness (QED) is 0.462. The molecular weight excluding hydrogens is 453 g/mol. The molecular formula is C22H37F2O2Sn. The zero-order valence-electron chi connectivity index (χ0n) is 17.0. The zero-order chi connectivity index (χ0) is 19.4. The molecule has 5 unspecified atom stereocenters. The van der Waals surface area contributed by atoms with Crippen LogP contribution in [0.2, 0.25) is 3.93 Å². The van der Waals surface area contributed by atoms with Crippen molar-refractivity contribution < 1.29 is 18.3 Å². The van der Waals surface area contributed by atoms with Crippen molar-refractivity contribution in [2.75, 3.05) is 13.2 Å². The van der Waals surface area contributed by atoms with Crippen molar-refractivity contribution >= 4 is 22.5 Å². The van der Waals surface area contributed by atoms with Crippen LogP contribution in [0.1, 0.15) is 71.6 Å². The van der Waals surface area contributed by atoms with Crippen molar-refractivity contribution in [3.8, 4) is 0 Å². The van der Waals surface area contributed by atoms with Crippen molar-refractivity contribution in [2.45, 2.75) is 100 Å². The number of alkyl halides is 2. The minimum Gasteiger partial charge on any atom is -0.241 e. The summed E-state index contributed by atoms with van der Waals surface area (Å²) in [6.07, 6.45) is 6.96. The van der Waals surface area contributed by atoms with E-state index in [1.165, 1.54) is 51.4 Å². The molecule has 0 saturated heterocycles. The molecule has 0 aromatic heterocycles. The van der Waals surface area contributed by atoms with E-state index in [0.717, 1.165) is 15.8 Å². The van der Waals surface area contributed by atoms with Crippen LogP contribution in [-0.2, 0) is 9.47 Å². The molecule has 0 spiro atoms. The molecule has 3 saturated carbocycles. The first-order valence-corrected chi connectivity index (χ1v) is 12.9. The standard InChI is InChI=1S/C22H37F2O2.Sn/c1-3-25-22-15(2)13-19(20(23)21(22)24)26-14-16-9-11-18(12-10-16)17-7-5-4-6-8-17;/h4,15-22H,3,5-14H2,1-2H3;. The number of rotatable bonds is 6. The van der Waals surface area contributed by atoms with Crippen LogP contribution in [0.5, 0.6) is 0 Å².